The van der Waals surface area contributed by atoms with E-state index in [0.29, 0.717) is 6.04 Å². The molecule has 0 spiro atoms. The van der Waals surface area contributed by atoms with E-state index in [1.54, 1.807) is 0 Å². The molecule has 0 bridgehead atoms. The summed E-state index contributed by atoms with van der Waals surface area (Å²) in [5.74, 6) is 0. The summed E-state index contributed by atoms with van der Waals surface area (Å²) in [6, 6.07) is 0.449. The standard InChI is InChI=1S/C13H27NO.C3H8.C2H6/c1-3-5-11-14(10-4-2)12-8-6-7-9-13(12)15;1-3-2;1-2/h12-13,15H,3-11H2,1-2H3;3H2,1-2H3;1-2H3. The topological polar surface area (TPSA) is 23.5 Å². The van der Waals surface area contributed by atoms with Crippen molar-refractivity contribution in [3.8, 4) is 0 Å². The Bertz CT molecular complexity index is 173. The van der Waals surface area contributed by atoms with Crippen molar-refractivity contribution >= 4 is 0 Å². The summed E-state index contributed by atoms with van der Waals surface area (Å²) in [6.07, 6.45) is 9.63. The van der Waals surface area contributed by atoms with E-state index in [2.05, 4.69) is 32.6 Å². The molecular weight excluding hydrogens is 246 g/mol. The number of unbranched alkanes of at least 4 members (excludes halogenated alkanes) is 1. The lowest BCUT2D eigenvalue weighted by atomic mass is 9.91. The molecule has 0 aliphatic heterocycles. The Morgan fingerprint density at radius 3 is 1.90 bits per heavy atom. The van der Waals surface area contributed by atoms with Crippen LogP contribution >= 0.6 is 0 Å². The second-order valence-electron chi connectivity index (χ2n) is 5.52. The van der Waals surface area contributed by atoms with Gasteiger partial charge in [0.1, 0.15) is 0 Å². The van der Waals surface area contributed by atoms with Crippen molar-refractivity contribution in [2.45, 2.75) is 105 Å². The normalized spacial score (nSPS) is 21.6. The zero-order valence-electron chi connectivity index (χ0n) is 15.1. The number of nitrogens with zero attached hydrogens (tertiary/aromatic N) is 1. The van der Waals surface area contributed by atoms with Crippen molar-refractivity contribution in [2.75, 3.05) is 13.1 Å². The molecule has 1 fully saturated rings. The van der Waals surface area contributed by atoms with Crippen LogP contribution < -0.4 is 0 Å². The highest BCUT2D eigenvalue weighted by Crippen LogP contribution is 2.23. The minimum Gasteiger partial charge on any atom is -0.391 e. The predicted octanol–water partition coefficient (Wildman–Crippen LogP) is 5.24. The zero-order chi connectivity index (χ0) is 15.8. The first kappa shape index (κ1) is 22.2. The first-order chi connectivity index (χ1) is 9.71. The third-order valence-electron chi connectivity index (χ3n) is 3.47. The quantitative estimate of drug-likeness (QED) is 0.721. The lowest BCUT2D eigenvalue weighted by Gasteiger charge is -2.37. The molecule has 0 heterocycles. The van der Waals surface area contributed by atoms with Gasteiger partial charge in [0, 0.05) is 6.04 Å². The molecule has 124 valence electrons. The Morgan fingerprint density at radius 1 is 0.900 bits per heavy atom. The van der Waals surface area contributed by atoms with Crippen molar-refractivity contribution in [3.05, 3.63) is 0 Å². The Kier molecular flexibility index (Phi) is 18.8. The lowest BCUT2D eigenvalue weighted by Crippen LogP contribution is -2.46. The number of aliphatic hydroxyl groups excluding tert-OH is 1. The predicted molar refractivity (Wildman–Crippen MR) is 92.3 cm³/mol. The highest BCUT2D eigenvalue weighted by Gasteiger charge is 2.27. The fourth-order valence-electron chi connectivity index (χ4n) is 2.61. The average Bonchev–Trinajstić information content (AvgIpc) is 2.47. The van der Waals surface area contributed by atoms with E-state index < -0.39 is 0 Å². The molecule has 2 heteroatoms. The Morgan fingerprint density at radius 2 is 1.45 bits per heavy atom. The number of aliphatic hydroxyl groups is 1. The summed E-state index contributed by atoms with van der Waals surface area (Å²) in [6.45, 7) is 15.0. The van der Waals surface area contributed by atoms with Gasteiger partial charge in [-0.1, -0.05) is 67.2 Å². The molecular formula is C18H41NO. The van der Waals surface area contributed by atoms with Crippen LogP contribution in [0.4, 0.5) is 0 Å². The van der Waals surface area contributed by atoms with Crippen molar-refractivity contribution < 1.29 is 5.11 Å². The zero-order valence-corrected chi connectivity index (χ0v) is 15.1. The molecule has 0 aromatic heterocycles. The minimum absolute atomic E-state index is 0.0674. The maximum absolute atomic E-state index is 10.0. The largest absolute Gasteiger partial charge is 0.391 e. The van der Waals surface area contributed by atoms with Crippen LogP contribution in [-0.2, 0) is 0 Å². The fourth-order valence-corrected chi connectivity index (χ4v) is 2.61. The van der Waals surface area contributed by atoms with E-state index in [1.165, 1.54) is 51.5 Å². The van der Waals surface area contributed by atoms with Gasteiger partial charge in [0.25, 0.3) is 0 Å². The van der Waals surface area contributed by atoms with E-state index >= 15 is 0 Å². The van der Waals surface area contributed by atoms with Crippen LogP contribution in [0, 0.1) is 0 Å². The Labute approximate surface area is 129 Å². The van der Waals surface area contributed by atoms with Crippen LogP contribution in [0.1, 0.15) is 92.9 Å². The number of hydrogen-bond acceptors (Lipinski definition) is 2. The first-order valence-electron chi connectivity index (χ1n) is 9.13. The molecule has 0 aromatic carbocycles. The summed E-state index contributed by atoms with van der Waals surface area (Å²) < 4.78 is 0. The molecule has 2 unspecified atom stereocenters. The molecule has 1 rings (SSSR count). The van der Waals surface area contributed by atoms with Crippen LogP contribution in [0.5, 0.6) is 0 Å². The van der Waals surface area contributed by atoms with Gasteiger partial charge in [0.05, 0.1) is 6.10 Å². The fraction of sp³-hybridized carbons (Fsp3) is 1.00. The maximum atomic E-state index is 10.0. The van der Waals surface area contributed by atoms with Crippen LogP contribution in [-0.4, -0.2) is 35.2 Å². The van der Waals surface area contributed by atoms with Gasteiger partial charge in [-0.2, -0.15) is 0 Å². The second-order valence-corrected chi connectivity index (χ2v) is 5.52. The average molecular weight is 288 g/mol. The Hall–Kier alpha value is -0.0800. The van der Waals surface area contributed by atoms with E-state index in [0.717, 1.165) is 13.0 Å². The number of rotatable bonds is 6. The monoisotopic (exact) mass is 287 g/mol. The first-order valence-corrected chi connectivity index (χ1v) is 9.13. The molecule has 1 saturated carbocycles. The van der Waals surface area contributed by atoms with E-state index in [9.17, 15) is 5.11 Å². The van der Waals surface area contributed by atoms with Crippen LogP contribution in [0.2, 0.25) is 0 Å². The third kappa shape index (κ3) is 10.7. The van der Waals surface area contributed by atoms with Gasteiger partial charge < -0.3 is 5.11 Å². The maximum Gasteiger partial charge on any atom is 0.0695 e. The van der Waals surface area contributed by atoms with E-state index in [-0.39, 0.29) is 6.10 Å². The summed E-state index contributed by atoms with van der Waals surface area (Å²) in [5.41, 5.74) is 0. The lowest BCUT2D eigenvalue weighted by molar-refractivity contribution is 0.0190. The molecule has 1 aliphatic carbocycles. The van der Waals surface area contributed by atoms with E-state index in [1.807, 2.05) is 13.8 Å². The van der Waals surface area contributed by atoms with Crippen molar-refractivity contribution in [1.82, 2.24) is 4.90 Å². The summed E-state index contributed by atoms with van der Waals surface area (Å²) >= 11 is 0. The highest BCUT2D eigenvalue weighted by molar-refractivity contribution is 4.82. The van der Waals surface area contributed by atoms with E-state index in [4.69, 9.17) is 0 Å². The van der Waals surface area contributed by atoms with Gasteiger partial charge in [-0.3, -0.25) is 4.90 Å². The molecule has 2 nitrogen and oxygen atoms in total. The van der Waals surface area contributed by atoms with Crippen LogP contribution in [0.25, 0.3) is 0 Å². The van der Waals surface area contributed by atoms with Crippen LogP contribution in [0.3, 0.4) is 0 Å². The highest BCUT2D eigenvalue weighted by atomic mass is 16.3. The Balaban J connectivity index is 0. The number of hydrogen-bond donors (Lipinski definition) is 1. The second kappa shape index (κ2) is 17.0. The molecule has 0 saturated heterocycles. The van der Waals surface area contributed by atoms with Crippen LogP contribution in [0.15, 0.2) is 0 Å². The van der Waals surface area contributed by atoms with Gasteiger partial charge in [-0.15, -0.1) is 0 Å². The summed E-state index contributed by atoms with van der Waals surface area (Å²) in [4.78, 5) is 2.52. The van der Waals surface area contributed by atoms with Crippen molar-refractivity contribution in [1.29, 1.82) is 0 Å². The molecule has 0 amide bonds. The SMILES string of the molecule is CC.CCC.CCCCN(CCC)C1CCCCC1O. The van der Waals surface area contributed by atoms with Gasteiger partial charge in [0.2, 0.25) is 0 Å². The van der Waals surface area contributed by atoms with Gasteiger partial charge in [-0.05, 0) is 38.8 Å². The molecule has 0 radical (unpaired) electrons. The van der Waals surface area contributed by atoms with Gasteiger partial charge >= 0.3 is 0 Å². The third-order valence-corrected chi connectivity index (χ3v) is 3.47. The van der Waals surface area contributed by atoms with Gasteiger partial charge in [0.15, 0.2) is 0 Å². The summed E-state index contributed by atoms with van der Waals surface area (Å²) in [7, 11) is 0. The smallest absolute Gasteiger partial charge is 0.0695 e. The van der Waals surface area contributed by atoms with Crippen molar-refractivity contribution in [2.24, 2.45) is 0 Å². The van der Waals surface area contributed by atoms with Crippen molar-refractivity contribution in [3.63, 3.8) is 0 Å². The molecule has 2 atom stereocenters. The summed E-state index contributed by atoms with van der Waals surface area (Å²) in [5, 5.41) is 10.0. The van der Waals surface area contributed by atoms with Gasteiger partial charge in [-0.25, -0.2) is 0 Å². The molecule has 1 N–H and O–H groups in total. The molecule has 0 aromatic rings. The molecule has 20 heavy (non-hydrogen) atoms. The molecule has 1 aliphatic rings. The minimum atomic E-state index is -0.0674.